The van der Waals surface area contributed by atoms with E-state index in [1.54, 1.807) is 0 Å². The molecule has 1 rings (SSSR count). The van der Waals surface area contributed by atoms with Crippen LogP contribution in [0.5, 0.6) is 0 Å². The lowest BCUT2D eigenvalue weighted by Gasteiger charge is -2.22. The Labute approximate surface area is 98.9 Å². The molecule has 94 valence electrons. The van der Waals surface area contributed by atoms with Crippen LogP contribution in [0.25, 0.3) is 0 Å². The maximum absolute atomic E-state index is 2.28. The number of hydrogen-bond acceptors (Lipinski definition) is 0. The maximum Gasteiger partial charge on any atom is -0.0417 e. The number of rotatable bonds is 4. The fourth-order valence-corrected chi connectivity index (χ4v) is 1.51. The van der Waals surface area contributed by atoms with E-state index in [4.69, 9.17) is 0 Å². The zero-order chi connectivity index (χ0) is 12.1. The van der Waals surface area contributed by atoms with E-state index >= 15 is 0 Å². The maximum atomic E-state index is 2.28. The minimum atomic E-state index is 0.903. The summed E-state index contributed by atoms with van der Waals surface area (Å²) in [5, 5.41) is 0. The first-order valence-corrected chi connectivity index (χ1v) is 7.20. The largest absolute Gasteiger partial charge is 0.0683 e. The SMILES string of the molecule is CC.CCC1CCC1.CCCCC(C)C. The topological polar surface area (TPSA) is 0 Å². The molecular weight excluding hydrogens is 180 g/mol. The van der Waals surface area contributed by atoms with Crippen molar-refractivity contribution >= 4 is 0 Å². The first-order valence-electron chi connectivity index (χ1n) is 7.20. The van der Waals surface area contributed by atoms with Gasteiger partial charge in [0.1, 0.15) is 0 Å². The van der Waals surface area contributed by atoms with Gasteiger partial charge in [-0.3, -0.25) is 0 Å². The van der Waals surface area contributed by atoms with Gasteiger partial charge in [-0.25, -0.2) is 0 Å². The van der Waals surface area contributed by atoms with Crippen molar-refractivity contribution in [3.05, 3.63) is 0 Å². The van der Waals surface area contributed by atoms with Crippen molar-refractivity contribution in [1.29, 1.82) is 0 Å². The molecule has 0 heterocycles. The number of hydrogen-bond donors (Lipinski definition) is 0. The van der Waals surface area contributed by atoms with E-state index in [0.717, 1.165) is 11.8 Å². The Kier molecular flexibility index (Phi) is 16.2. The molecule has 15 heavy (non-hydrogen) atoms. The summed E-state index contributed by atoms with van der Waals surface area (Å²) in [7, 11) is 0. The van der Waals surface area contributed by atoms with Crippen molar-refractivity contribution in [3.63, 3.8) is 0 Å². The molecule has 0 aromatic carbocycles. The van der Waals surface area contributed by atoms with Gasteiger partial charge < -0.3 is 0 Å². The second-order valence-corrected chi connectivity index (χ2v) is 4.74. The van der Waals surface area contributed by atoms with Crippen LogP contribution in [0, 0.1) is 11.8 Å². The molecule has 1 aliphatic carbocycles. The lowest BCUT2D eigenvalue weighted by molar-refractivity contribution is 0.307. The van der Waals surface area contributed by atoms with Gasteiger partial charge >= 0.3 is 0 Å². The smallest absolute Gasteiger partial charge is 0.0417 e. The molecule has 0 saturated heterocycles. The molecular formula is C15H34. The van der Waals surface area contributed by atoms with E-state index in [2.05, 4.69) is 27.7 Å². The summed E-state index contributed by atoms with van der Waals surface area (Å²) in [4.78, 5) is 0. The van der Waals surface area contributed by atoms with Crippen LogP contribution in [-0.4, -0.2) is 0 Å². The zero-order valence-electron chi connectivity index (χ0n) is 12.1. The third-order valence-corrected chi connectivity index (χ3v) is 2.94. The van der Waals surface area contributed by atoms with E-state index in [1.165, 1.54) is 44.9 Å². The molecule has 1 aliphatic rings. The van der Waals surface area contributed by atoms with Crippen molar-refractivity contribution < 1.29 is 0 Å². The van der Waals surface area contributed by atoms with Crippen LogP contribution in [0.3, 0.4) is 0 Å². The summed E-state index contributed by atoms with van der Waals surface area (Å²) in [5.74, 6) is 2.02. The predicted molar refractivity (Wildman–Crippen MR) is 73.3 cm³/mol. The molecule has 1 fully saturated rings. The monoisotopic (exact) mass is 214 g/mol. The Bertz CT molecular complexity index is 87.5. The van der Waals surface area contributed by atoms with E-state index in [-0.39, 0.29) is 0 Å². The Morgan fingerprint density at radius 3 is 1.67 bits per heavy atom. The summed E-state index contributed by atoms with van der Waals surface area (Å²) < 4.78 is 0. The standard InChI is InChI=1S/C7H16.C6H12.C2H6/c1-4-5-6-7(2)3;1-2-6-4-3-5-6;1-2/h7H,4-6H2,1-3H3;6H,2-5H2,1H3;1-2H3. The van der Waals surface area contributed by atoms with Crippen molar-refractivity contribution in [2.24, 2.45) is 11.8 Å². The summed E-state index contributed by atoms with van der Waals surface area (Å²) >= 11 is 0. The van der Waals surface area contributed by atoms with Gasteiger partial charge in [0.2, 0.25) is 0 Å². The summed E-state index contributed by atoms with van der Waals surface area (Å²) in [6.45, 7) is 13.1. The van der Waals surface area contributed by atoms with Gasteiger partial charge in [-0.2, -0.15) is 0 Å². The molecule has 0 radical (unpaired) electrons. The second kappa shape index (κ2) is 14.0. The van der Waals surface area contributed by atoms with Gasteiger partial charge in [0.15, 0.2) is 0 Å². The van der Waals surface area contributed by atoms with Crippen LogP contribution in [0.15, 0.2) is 0 Å². The first kappa shape index (κ1) is 17.4. The molecule has 0 unspecified atom stereocenters. The molecule has 0 spiro atoms. The van der Waals surface area contributed by atoms with Gasteiger partial charge in [0.25, 0.3) is 0 Å². The fourth-order valence-electron chi connectivity index (χ4n) is 1.51. The molecule has 0 nitrogen and oxygen atoms in total. The molecule has 0 amide bonds. The average Bonchev–Trinajstić information content (AvgIpc) is 2.17. The molecule has 0 heteroatoms. The normalized spacial score (nSPS) is 14.6. The highest BCUT2D eigenvalue weighted by Gasteiger charge is 2.13. The van der Waals surface area contributed by atoms with Crippen LogP contribution >= 0.6 is 0 Å². The highest BCUT2D eigenvalue weighted by Crippen LogP contribution is 2.28. The van der Waals surface area contributed by atoms with Gasteiger partial charge in [-0.05, 0) is 11.8 Å². The van der Waals surface area contributed by atoms with Crippen LogP contribution in [0.1, 0.15) is 86.5 Å². The minimum absolute atomic E-state index is 0.903. The Balaban J connectivity index is 0. The third-order valence-electron chi connectivity index (χ3n) is 2.94. The third kappa shape index (κ3) is 14.0. The van der Waals surface area contributed by atoms with E-state index < -0.39 is 0 Å². The van der Waals surface area contributed by atoms with E-state index in [0.29, 0.717) is 0 Å². The van der Waals surface area contributed by atoms with Crippen LogP contribution in [0.4, 0.5) is 0 Å². The fraction of sp³-hybridized carbons (Fsp3) is 1.00. The Hall–Kier alpha value is 0. The van der Waals surface area contributed by atoms with Crippen molar-refractivity contribution in [2.75, 3.05) is 0 Å². The van der Waals surface area contributed by atoms with E-state index in [1.807, 2.05) is 13.8 Å². The molecule has 0 aliphatic heterocycles. The Morgan fingerprint density at radius 2 is 1.60 bits per heavy atom. The first-order chi connectivity index (χ1) is 7.20. The molecule has 0 atom stereocenters. The molecule has 0 bridgehead atoms. The lowest BCUT2D eigenvalue weighted by atomic mass is 9.84. The van der Waals surface area contributed by atoms with Crippen LogP contribution in [-0.2, 0) is 0 Å². The van der Waals surface area contributed by atoms with Crippen molar-refractivity contribution in [3.8, 4) is 0 Å². The summed E-state index contributed by atoms with van der Waals surface area (Å²) in [6.07, 6.45) is 10.1. The quantitative estimate of drug-likeness (QED) is 0.534. The van der Waals surface area contributed by atoms with Gasteiger partial charge in [-0.1, -0.05) is 86.5 Å². The minimum Gasteiger partial charge on any atom is -0.0683 e. The molecule has 1 saturated carbocycles. The summed E-state index contributed by atoms with van der Waals surface area (Å²) in [5.41, 5.74) is 0. The number of unbranched alkanes of at least 4 members (excludes halogenated alkanes) is 1. The summed E-state index contributed by atoms with van der Waals surface area (Å²) in [6, 6.07) is 0. The predicted octanol–water partition coefficient (Wildman–Crippen LogP) is 6.06. The zero-order valence-corrected chi connectivity index (χ0v) is 12.1. The van der Waals surface area contributed by atoms with Crippen molar-refractivity contribution in [2.45, 2.75) is 86.5 Å². The van der Waals surface area contributed by atoms with Gasteiger partial charge in [0.05, 0.1) is 0 Å². The molecule has 0 N–H and O–H groups in total. The molecule has 0 aromatic heterocycles. The van der Waals surface area contributed by atoms with E-state index in [9.17, 15) is 0 Å². The second-order valence-electron chi connectivity index (χ2n) is 4.74. The van der Waals surface area contributed by atoms with Gasteiger partial charge in [-0.15, -0.1) is 0 Å². The average molecular weight is 214 g/mol. The highest BCUT2D eigenvalue weighted by molar-refractivity contribution is 4.66. The molecule has 0 aromatic rings. The van der Waals surface area contributed by atoms with Crippen LogP contribution < -0.4 is 0 Å². The highest BCUT2D eigenvalue weighted by atomic mass is 14.2. The van der Waals surface area contributed by atoms with Gasteiger partial charge in [0, 0.05) is 0 Å². The van der Waals surface area contributed by atoms with Crippen molar-refractivity contribution in [1.82, 2.24) is 0 Å². The lowest BCUT2D eigenvalue weighted by Crippen LogP contribution is -2.08. The van der Waals surface area contributed by atoms with Crippen LogP contribution in [0.2, 0.25) is 0 Å². The Morgan fingerprint density at radius 1 is 1.07 bits per heavy atom.